The molecule has 0 saturated heterocycles. The highest BCUT2D eigenvalue weighted by molar-refractivity contribution is 9.10. The second kappa shape index (κ2) is 4.75. The van der Waals surface area contributed by atoms with E-state index in [-0.39, 0.29) is 11.6 Å². The van der Waals surface area contributed by atoms with Gasteiger partial charge in [0, 0.05) is 10.5 Å². The van der Waals surface area contributed by atoms with E-state index in [2.05, 4.69) is 20.9 Å². The fourth-order valence-electron chi connectivity index (χ4n) is 1.17. The Labute approximate surface area is 103 Å². The van der Waals surface area contributed by atoms with Crippen LogP contribution in [0.1, 0.15) is 0 Å². The molecule has 0 aliphatic heterocycles. The van der Waals surface area contributed by atoms with Crippen LogP contribution < -0.4 is 4.74 Å². The Morgan fingerprint density at radius 3 is 2.59 bits per heavy atom. The molecule has 0 unspecified atom stereocenters. The molecule has 0 amide bonds. The first kappa shape index (κ1) is 11.9. The first-order valence-corrected chi connectivity index (χ1v) is 5.30. The van der Waals surface area contributed by atoms with Gasteiger partial charge in [0.25, 0.3) is 0 Å². The number of rotatable bonds is 2. The molecule has 6 heteroatoms. The Balaban J connectivity index is 2.36. The van der Waals surface area contributed by atoms with Gasteiger partial charge in [-0.1, -0.05) is 22.0 Å². The van der Waals surface area contributed by atoms with E-state index in [9.17, 15) is 13.2 Å². The molecule has 1 aromatic heterocycles. The van der Waals surface area contributed by atoms with E-state index < -0.39 is 17.6 Å². The molecule has 0 radical (unpaired) electrons. The summed E-state index contributed by atoms with van der Waals surface area (Å²) in [5.41, 5.74) is 0. The van der Waals surface area contributed by atoms with Crippen molar-refractivity contribution in [1.29, 1.82) is 0 Å². The van der Waals surface area contributed by atoms with Gasteiger partial charge >= 0.3 is 0 Å². The topological polar surface area (TPSA) is 22.1 Å². The Bertz CT molecular complexity index is 562. The minimum absolute atomic E-state index is 0.151. The van der Waals surface area contributed by atoms with Gasteiger partial charge in [-0.3, -0.25) is 0 Å². The van der Waals surface area contributed by atoms with E-state index in [1.165, 1.54) is 18.2 Å². The molecule has 2 aromatic rings. The van der Waals surface area contributed by atoms with Crippen molar-refractivity contribution in [2.75, 3.05) is 0 Å². The summed E-state index contributed by atoms with van der Waals surface area (Å²) in [6.07, 6.45) is 0. The largest absolute Gasteiger partial charge is 0.436 e. The number of halogens is 4. The molecule has 0 bridgehead atoms. The number of aromatic nitrogens is 1. The zero-order valence-electron chi connectivity index (χ0n) is 8.25. The molecule has 17 heavy (non-hydrogen) atoms. The lowest BCUT2D eigenvalue weighted by Gasteiger charge is -2.06. The van der Waals surface area contributed by atoms with Crippen molar-refractivity contribution in [3.8, 4) is 11.6 Å². The van der Waals surface area contributed by atoms with Crippen LogP contribution in [0.5, 0.6) is 11.6 Å². The Morgan fingerprint density at radius 2 is 1.88 bits per heavy atom. The average molecular weight is 304 g/mol. The molecule has 0 N–H and O–H groups in total. The maximum atomic E-state index is 13.3. The second-order valence-electron chi connectivity index (χ2n) is 3.10. The lowest BCUT2D eigenvalue weighted by Crippen LogP contribution is -1.95. The number of hydrogen-bond acceptors (Lipinski definition) is 2. The van der Waals surface area contributed by atoms with Gasteiger partial charge in [0.05, 0.1) is 0 Å². The minimum atomic E-state index is -1.15. The second-order valence-corrected chi connectivity index (χ2v) is 4.02. The summed E-state index contributed by atoms with van der Waals surface area (Å²) >= 11 is 2.99. The highest BCUT2D eigenvalue weighted by Gasteiger charge is 2.12. The number of benzene rings is 1. The van der Waals surface area contributed by atoms with Gasteiger partial charge in [-0.2, -0.15) is 13.8 Å². The van der Waals surface area contributed by atoms with Crippen LogP contribution in [-0.4, -0.2) is 4.98 Å². The Kier molecular flexibility index (Phi) is 3.33. The summed E-state index contributed by atoms with van der Waals surface area (Å²) < 4.78 is 44.4. The monoisotopic (exact) mass is 303 g/mol. The number of ether oxygens (including phenoxy) is 1. The van der Waals surface area contributed by atoms with Crippen LogP contribution in [0.15, 0.2) is 34.8 Å². The molecular formula is C11H5BrF3NO. The van der Waals surface area contributed by atoms with Gasteiger partial charge in [0.15, 0.2) is 11.6 Å². The summed E-state index contributed by atoms with van der Waals surface area (Å²) in [5.74, 6) is -3.50. The van der Waals surface area contributed by atoms with Crippen LogP contribution in [0.4, 0.5) is 13.2 Å². The molecule has 1 aromatic carbocycles. The first-order valence-electron chi connectivity index (χ1n) is 4.51. The third kappa shape index (κ3) is 2.76. The van der Waals surface area contributed by atoms with Crippen molar-refractivity contribution in [2.24, 2.45) is 0 Å². The molecule has 0 spiro atoms. The summed E-state index contributed by atoms with van der Waals surface area (Å²) in [4.78, 5) is 3.38. The van der Waals surface area contributed by atoms with Crippen LogP contribution in [0.3, 0.4) is 0 Å². The lowest BCUT2D eigenvalue weighted by atomic mass is 10.3. The fraction of sp³-hybridized carbons (Fsp3) is 0. The molecular weight excluding hydrogens is 299 g/mol. The van der Waals surface area contributed by atoms with E-state index in [1.807, 2.05) is 0 Å². The SMILES string of the molecule is Fc1cccc(Oc2cc(Br)cc(F)c2F)n1. The highest BCUT2D eigenvalue weighted by Crippen LogP contribution is 2.28. The fourth-order valence-corrected chi connectivity index (χ4v) is 1.57. The summed E-state index contributed by atoms with van der Waals surface area (Å²) in [6, 6.07) is 5.99. The van der Waals surface area contributed by atoms with Crippen molar-refractivity contribution in [1.82, 2.24) is 4.98 Å². The predicted octanol–water partition coefficient (Wildman–Crippen LogP) is 4.05. The van der Waals surface area contributed by atoms with Crippen LogP contribution in [0, 0.1) is 17.6 Å². The van der Waals surface area contributed by atoms with Gasteiger partial charge < -0.3 is 4.74 Å². The van der Waals surface area contributed by atoms with E-state index in [0.717, 1.165) is 12.1 Å². The van der Waals surface area contributed by atoms with Gasteiger partial charge in [0.1, 0.15) is 0 Å². The predicted molar refractivity (Wildman–Crippen MR) is 58.3 cm³/mol. The first-order chi connectivity index (χ1) is 8.06. The highest BCUT2D eigenvalue weighted by atomic mass is 79.9. The summed E-state index contributed by atoms with van der Waals surface area (Å²) in [5, 5.41) is 0. The Morgan fingerprint density at radius 1 is 1.12 bits per heavy atom. The van der Waals surface area contributed by atoms with Crippen molar-refractivity contribution in [2.45, 2.75) is 0 Å². The number of hydrogen-bond donors (Lipinski definition) is 0. The van der Waals surface area contributed by atoms with Crippen LogP contribution >= 0.6 is 15.9 Å². The van der Waals surface area contributed by atoms with Crippen molar-refractivity contribution < 1.29 is 17.9 Å². The van der Waals surface area contributed by atoms with E-state index in [4.69, 9.17) is 4.74 Å². The summed E-state index contributed by atoms with van der Waals surface area (Å²) in [7, 11) is 0. The molecule has 0 aliphatic rings. The zero-order chi connectivity index (χ0) is 12.4. The lowest BCUT2D eigenvalue weighted by molar-refractivity contribution is 0.397. The smallest absolute Gasteiger partial charge is 0.222 e. The molecule has 2 nitrogen and oxygen atoms in total. The number of nitrogens with zero attached hydrogens (tertiary/aromatic N) is 1. The quantitative estimate of drug-likeness (QED) is 0.617. The van der Waals surface area contributed by atoms with Gasteiger partial charge in [-0.15, -0.1) is 0 Å². The Hall–Kier alpha value is -1.56. The molecule has 88 valence electrons. The molecule has 0 fully saturated rings. The third-order valence-electron chi connectivity index (χ3n) is 1.86. The van der Waals surface area contributed by atoms with Crippen LogP contribution in [0.2, 0.25) is 0 Å². The summed E-state index contributed by atoms with van der Waals surface area (Å²) in [6.45, 7) is 0. The van der Waals surface area contributed by atoms with Crippen molar-refractivity contribution in [3.63, 3.8) is 0 Å². The third-order valence-corrected chi connectivity index (χ3v) is 2.32. The standard InChI is InChI=1S/C11H5BrF3NO/c12-6-4-7(13)11(15)8(5-6)17-10-3-1-2-9(14)16-10/h1-5H. The van der Waals surface area contributed by atoms with Crippen molar-refractivity contribution >= 4 is 15.9 Å². The minimum Gasteiger partial charge on any atom is -0.436 e. The maximum absolute atomic E-state index is 13.3. The normalized spacial score (nSPS) is 10.4. The van der Waals surface area contributed by atoms with Crippen LogP contribution in [-0.2, 0) is 0 Å². The number of pyridine rings is 1. The van der Waals surface area contributed by atoms with Gasteiger partial charge in [-0.05, 0) is 18.2 Å². The maximum Gasteiger partial charge on any atom is 0.222 e. The molecule has 0 aliphatic carbocycles. The van der Waals surface area contributed by atoms with E-state index in [0.29, 0.717) is 4.47 Å². The average Bonchev–Trinajstić information content (AvgIpc) is 2.25. The molecule has 1 heterocycles. The zero-order valence-corrected chi connectivity index (χ0v) is 9.84. The van der Waals surface area contributed by atoms with Crippen molar-refractivity contribution in [3.05, 3.63) is 52.4 Å². The van der Waals surface area contributed by atoms with E-state index >= 15 is 0 Å². The molecule has 0 saturated carbocycles. The van der Waals surface area contributed by atoms with E-state index in [1.54, 1.807) is 0 Å². The molecule has 0 atom stereocenters. The molecule has 2 rings (SSSR count). The van der Waals surface area contributed by atoms with Crippen LogP contribution in [0.25, 0.3) is 0 Å². The van der Waals surface area contributed by atoms with Gasteiger partial charge in [0.2, 0.25) is 17.6 Å². The van der Waals surface area contributed by atoms with Gasteiger partial charge in [-0.25, -0.2) is 4.39 Å².